The molecule has 106 valence electrons. The normalized spacial score (nSPS) is 30.1. The Morgan fingerprint density at radius 3 is 2.60 bits per heavy atom. The Morgan fingerprint density at radius 1 is 1.35 bits per heavy atom. The van der Waals surface area contributed by atoms with Gasteiger partial charge in [0.05, 0.1) is 0 Å². The highest BCUT2D eigenvalue weighted by Crippen LogP contribution is 2.39. The van der Waals surface area contributed by atoms with E-state index >= 15 is 0 Å². The number of nitrogens with two attached hydrogens (primary N) is 1. The predicted octanol–water partition coefficient (Wildman–Crippen LogP) is 0.596. The van der Waals surface area contributed by atoms with Crippen molar-refractivity contribution in [2.75, 3.05) is 0 Å². The number of fused-ring (bicyclic) bond motifs is 2. The first-order valence-electron chi connectivity index (χ1n) is 6.68. The van der Waals surface area contributed by atoms with Gasteiger partial charge in [0.15, 0.2) is 5.69 Å². The minimum absolute atomic E-state index is 0.00914. The minimum atomic E-state index is -3.67. The molecule has 1 aromatic heterocycles. The summed E-state index contributed by atoms with van der Waals surface area (Å²) in [7, 11) is -3.67. The summed E-state index contributed by atoms with van der Waals surface area (Å²) in [6, 6.07) is 4.85. The van der Waals surface area contributed by atoms with Crippen LogP contribution in [-0.4, -0.2) is 35.8 Å². The molecule has 0 amide bonds. The van der Waals surface area contributed by atoms with Crippen LogP contribution in [0.2, 0.25) is 0 Å². The summed E-state index contributed by atoms with van der Waals surface area (Å²) in [5.41, 5.74) is 5.93. The van der Waals surface area contributed by atoms with E-state index < -0.39 is 10.0 Å². The number of rotatable bonds is 2. The second-order valence-electron chi connectivity index (χ2n) is 5.41. The zero-order chi connectivity index (χ0) is 14.3. The van der Waals surface area contributed by atoms with Gasteiger partial charge >= 0.3 is 0 Å². The van der Waals surface area contributed by atoms with Crippen molar-refractivity contribution >= 4 is 10.0 Å². The van der Waals surface area contributed by atoms with Crippen molar-refractivity contribution in [1.82, 2.24) is 9.29 Å². The van der Waals surface area contributed by atoms with E-state index in [1.54, 1.807) is 10.4 Å². The quantitative estimate of drug-likeness (QED) is 0.860. The van der Waals surface area contributed by atoms with Crippen LogP contribution in [0.3, 0.4) is 0 Å². The lowest BCUT2D eigenvalue weighted by molar-refractivity contribution is 0.227. The van der Waals surface area contributed by atoms with Crippen LogP contribution in [0.4, 0.5) is 0 Å². The zero-order valence-electron chi connectivity index (χ0n) is 10.9. The number of pyridine rings is 1. The number of nitrogens with zero attached hydrogens (tertiary/aromatic N) is 3. The second-order valence-corrected chi connectivity index (χ2v) is 7.22. The maximum absolute atomic E-state index is 12.8. The molecule has 2 atom stereocenters. The standard InChI is InChI=1S/C13H16N4O2S/c14-8-12-13(2-1-5-16-12)20(18,19)17-10-3-4-11(17)7-9(15)6-10/h1-2,5,9-11H,3-4,6-7,15H2. The molecule has 20 heavy (non-hydrogen) atoms. The van der Waals surface area contributed by atoms with Crippen molar-refractivity contribution in [1.29, 1.82) is 5.26 Å². The highest BCUT2D eigenvalue weighted by atomic mass is 32.2. The summed E-state index contributed by atoms with van der Waals surface area (Å²) in [6.45, 7) is 0. The number of piperidine rings is 1. The maximum Gasteiger partial charge on any atom is 0.246 e. The van der Waals surface area contributed by atoms with Gasteiger partial charge in [-0.2, -0.15) is 9.57 Å². The van der Waals surface area contributed by atoms with Crippen molar-refractivity contribution < 1.29 is 8.42 Å². The fourth-order valence-corrected chi connectivity index (χ4v) is 5.35. The number of aromatic nitrogens is 1. The molecule has 6 nitrogen and oxygen atoms in total. The topological polar surface area (TPSA) is 100 Å². The minimum Gasteiger partial charge on any atom is -0.328 e. The first kappa shape index (κ1) is 13.5. The number of nitriles is 1. The van der Waals surface area contributed by atoms with Crippen LogP contribution in [0, 0.1) is 11.3 Å². The third-order valence-electron chi connectivity index (χ3n) is 4.13. The van der Waals surface area contributed by atoms with E-state index in [2.05, 4.69) is 4.98 Å². The first-order chi connectivity index (χ1) is 9.54. The molecule has 2 unspecified atom stereocenters. The van der Waals surface area contributed by atoms with Gasteiger partial charge in [0, 0.05) is 24.3 Å². The molecule has 0 aromatic carbocycles. The smallest absolute Gasteiger partial charge is 0.246 e. The van der Waals surface area contributed by atoms with Crippen LogP contribution >= 0.6 is 0 Å². The number of hydrogen-bond donors (Lipinski definition) is 1. The van der Waals surface area contributed by atoms with Gasteiger partial charge in [-0.3, -0.25) is 0 Å². The average Bonchev–Trinajstić information content (AvgIpc) is 2.72. The summed E-state index contributed by atoms with van der Waals surface area (Å²) in [4.78, 5) is 3.86. The highest BCUT2D eigenvalue weighted by molar-refractivity contribution is 7.89. The third kappa shape index (κ3) is 2.00. The van der Waals surface area contributed by atoms with Crippen LogP contribution in [0.15, 0.2) is 23.2 Å². The molecule has 2 aliphatic rings. The monoisotopic (exact) mass is 292 g/mol. The first-order valence-corrected chi connectivity index (χ1v) is 8.12. The predicted molar refractivity (Wildman–Crippen MR) is 72.0 cm³/mol. The van der Waals surface area contributed by atoms with Crippen molar-refractivity contribution in [3.63, 3.8) is 0 Å². The van der Waals surface area contributed by atoms with E-state index in [-0.39, 0.29) is 28.7 Å². The summed E-state index contributed by atoms with van der Waals surface area (Å²) in [5.74, 6) is 0. The Labute approximate surface area is 118 Å². The van der Waals surface area contributed by atoms with Gasteiger partial charge in [0.25, 0.3) is 0 Å². The van der Waals surface area contributed by atoms with E-state index in [4.69, 9.17) is 11.0 Å². The van der Waals surface area contributed by atoms with Crippen LogP contribution < -0.4 is 5.73 Å². The third-order valence-corrected chi connectivity index (χ3v) is 6.17. The van der Waals surface area contributed by atoms with E-state index in [9.17, 15) is 8.42 Å². The number of hydrogen-bond acceptors (Lipinski definition) is 5. The molecule has 1 aromatic rings. The molecule has 2 N–H and O–H groups in total. The molecule has 2 bridgehead atoms. The van der Waals surface area contributed by atoms with Crippen molar-refractivity contribution in [2.24, 2.45) is 5.73 Å². The Balaban J connectivity index is 2.04. The van der Waals surface area contributed by atoms with E-state index in [1.807, 2.05) is 6.07 Å². The fourth-order valence-electron chi connectivity index (χ4n) is 3.36. The van der Waals surface area contributed by atoms with Gasteiger partial charge in [-0.25, -0.2) is 13.4 Å². The van der Waals surface area contributed by atoms with Gasteiger partial charge in [0.2, 0.25) is 10.0 Å². The molecule has 0 saturated carbocycles. The molecule has 2 saturated heterocycles. The van der Waals surface area contributed by atoms with Crippen LogP contribution in [0.5, 0.6) is 0 Å². The van der Waals surface area contributed by atoms with Crippen LogP contribution in [0.1, 0.15) is 31.4 Å². The molecule has 7 heteroatoms. The highest BCUT2D eigenvalue weighted by Gasteiger charge is 2.47. The van der Waals surface area contributed by atoms with Crippen LogP contribution in [-0.2, 0) is 10.0 Å². The SMILES string of the molecule is N#Cc1ncccc1S(=O)(=O)N1C2CCC1CC(N)C2. The fraction of sp³-hybridized carbons (Fsp3) is 0.538. The van der Waals surface area contributed by atoms with Crippen molar-refractivity contribution in [3.8, 4) is 6.07 Å². The van der Waals surface area contributed by atoms with Crippen LogP contribution in [0.25, 0.3) is 0 Å². The Hall–Kier alpha value is -1.49. The molecule has 0 radical (unpaired) electrons. The van der Waals surface area contributed by atoms with Gasteiger partial charge in [-0.1, -0.05) is 0 Å². The summed E-state index contributed by atoms with van der Waals surface area (Å²) in [5, 5.41) is 9.05. The lowest BCUT2D eigenvalue weighted by Crippen LogP contribution is -2.50. The summed E-state index contributed by atoms with van der Waals surface area (Å²) in [6.07, 6.45) is 4.51. The average molecular weight is 292 g/mol. The van der Waals surface area contributed by atoms with E-state index in [0.717, 1.165) is 12.8 Å². The van der Waals surface area contributed by atoms with Gasteiger partial charge in [-0.05, 0) is 37.8 Å². The van der Waals surface area contributed by atoms with Gasteiger partial charge < -0.3 is 5.73 Å². The molecule has 3 heterocycles. The maximum atomic E-state index is 12.8. The Kier molecular flexibility index (Phi) is 3.24. The summed E-state index contributed by atoms with van der Waals surface area (Å²) >= 11 is 0. The van der Waals surface area contributed by atoms with Gasteiger partial charge in [0.1, 0.15) is 11.0 Å². The van der Waals surface area contributed by atoms with Crippen molar-refractivity contribution in [3.05, 3.63) is 24.0 Å². The number of sulfonamides is 1. The molecular formula is C13H16N4O2S. The molecule has 2 fully saturated rings. The van der Waals surface area contributed by atoms with Crippen molar-refractivity contribution in [2.45, 2.75) is 48.7 Å². The molecule has 0 spiro atoms. The Bertz CT molecular complexity index is 653. The molecular weight excluding hydrogens is 276 g/mol. The largest absolute Gasteiger partial charge is 0.328 e. The summed E-state index contributed by atoms with van der Waals surface area (Å²) < 4.78 is 27.2. The van der Waals surface area contributed by atoms with Gasteiger partial charge in [-0.15, -0.1) is 0 Å². The molecule has 2 aliphatic heterocycles. The van der Waals surface area contributed by atoms with E-state index in [0.29, 0.717) is 12.8 Å². The lowest BCUT2D eigenvalue weighted by Gasteiger charge is -2.36. The van der Waals surface area contributed by atoms with E-state index in [1.165, 1.54) is 12.3 Å². The lowest BCUT2D eigenvalue weighted by atomic mass is 10.0. The zero-order valence-corrected chi connectivity index (χ0v) is 11.8. The molecule has 3 rings (SSSR count). The molecule has 0 aliphatic carbocycles. The second kappa shape index (κ2) is 4.81. The Morgan fingerprint density at radius 2 is 2.00 bits per heavy atom.